The molecular weight excluding hydrogens is 433 g/mol. The Morgan fingerprint density at radius 3 is 2.17 bits per heavy atom. The van der Waals surface area contributed by atoms with Gasteiger partial charge in [0.1, 0.15) is 18.8 Å². The maximum atomic E-state index is 13.7. The summed E-state index contributed by atoms with van der Waals surface area (Å²) in [6, 6.07) is 0. The van der Waals surface area contributed by atoms with Gasteiger partial charge in [-0.1, -0.05) is 6.58 Å². The van der Waals surface area contributed by atoms with Crippen LogP contribution >= 0.6 is 0 Å². The molecule has 0 aromatic rings. The molecule has 0 aromatic carbocycles. The Bertz CT molecular complexity index is 774. The minimum absolute atomic E-state index is 0.0182. The van der Waals surface area contributed by atoms with Crippen LogP contribution in [0.2, 0.25) is 0 Å². The number of fused-ring (bicyclic) bond motifs is 1. The zero-order valence-electron chi connectivity index (χ0n) is 15.2. The molecule has 3 rings (SSSR count). The van der Waals surface area contributed by atoms with E-state index in [9.17, 15) is 45.1 Å². The molecule has 1 saturated heterocycles. The number of esters is 3. The van der Waals surface area contributed by atoms with Crippen LogP contribution in [0.5, 0.6) is 0 Å². The second-order valence-corrected chi connectivity index (χ2v) is 7.57. The van der Waals surface area contributed by atoms with E-state index in [0.717, 1.165) is 0 Å². The van der Waals surface area contributed by atoms with E-state index >= 15 is 0 Å². The molecule has 3 fully saturated rings. The van der Waals surface area contributed by atoms with Gasteiger partial charge in [0, 0.05) is 17.4 Å². The number of rotatable bonds is 5. The fourth-order valence-electron chi connectivity index (χ4n) is 4.28. The van der Waals surface area contributed by atoms with Crippen molar-refractivity contribution in [2.45, 2.75) is 43.6 Å². The van der Waals surface area contributed by atoms with Crippen molar-refractivity contribution in [3.8, 4) is 0 Å². The quantitative estimate of drug-likeness (QED) is 0.279. The summed E-state index contributed by atoms with van der Waals surface area (Å²) < 4.78 is 104. The number of halogens is 7. The van der Waals surface area contributed by atoms with E-state index in [2.05, 4.69) is 11.3 Å². The molecule has 0 N–H and O–H groups in total. The predicted octanol–water partition coefficient (Wildman–Crippen LogP) is 2.66. The van der Waals surface area contributed by atoms with E-state index < -0.39 is 78.4 Å². The molecule has 1 heterocycles. The highest BCUT2D eigenvalue weighted by Crippen LogP contribution is 2.59. The van der Waals surface area contributed by atoms with Gasteiger partial charge in [-0.3, -0.25) is 9.59 Å². The van der Waals surface area contributed by atoms with E-state index in [4.69, 9.17) is 9.47 Å². The Morgan fingerprint density at radius 2 is 1.67 bits per heavy atom. The van der Waals surface area contributed by atoms with E-state index in [1.807, 2.05) is 0 Å². The van der Waals surface area contributed by atoms with Gasteiger partial charge in [0.2, 0.25) is 0 Å². The molecule has 168 valence electrons. The van der Waals surface area contributed by atoms with Crippen LogP contribution in [-0.2, 0) is 28.6 Å². The van der Waals surface area contributed by atoms with Crippen LogP contribution in [0.3, 0.4) is 0 Å². The largest absolute Gasteiger partial charge is 0.461 e. The van der Waals surface area contributed by atoms with E-state index in [1.54, 1.807) is 0 Å². The second kappa shape index (κ2) is 6.84. The average Bonchev–Trinajstić information content (AvgIpc) is 3.20. The van der Waals surface area contributed by atoms with Gasteiger partial charge >= 0.3 is 35.9 Å². The minimum Gasteiger partial charge on any atom is -0.461 e. The van der Waals surface area contributed by atoms with Crippen molar-refractivity contribution in [1.82, 2.24) is 0 Å². The lowest BCUT2D eigenvalue weighted by Gasteiger charge is -2.32. The topological polar surface area (TPSA) is 78.9 Å². The van der Waals surface area contributed by atoms with Crippen molar-refractivity contribution in [3.05, 3.63) is 12.2 Å². The van der Waals surface area contributed by atoms with Crippen molar-refractivity contribution < 1.29 is 59.3 Å². The predicted molar refractivity (Wildman–Crippen MR) is 80.1 cm³/mol. The first kappa shape index (κ1) is 22.3. The Kier molecular flexibility index (Phi) is 5.10. The first-order chi connectivity index (χ1) is 13.6. The minimum atomic E-state index is -6.39. The Morgan fingerprint density at radius 1 is 1.10 bits per heavy atom. The van der Waals surface area contributed by atoms with Gasteiger partial charge in [-0.2, -0.15) is 26.3 Å². The van der Waals surface area contributed by atoms with Gasteiger partial charge in [0.05, 0.1) is 11.8 Å². The molecule has 0 spiro atoms. The molecule has 6 nitrogen and oxygen atoms in total. The van der Waals surface area contributed by atoms with Gasteiger partial charge < -0.3 is 14.2 Å². The van der Waals surface area contributed by atoms with Crippen LogP contribution in [-0.4, -0.2) is 54.7 Å². The monoisotopic (exact) mass is 448 g/mol. The van der Waals surface area contributed by atoms with Gasteiger partial charge in [0.25, 0.3) is 0 Å². The summed E-state index contributed by atoms with van der Waals surface area (Å²) in [6.45, 7) is 2.02. The molecule has 30 heavy (non-hydrogen) atoms. The maximum Gasteiger partial charge on any atom is 0.435 e. The molecule has 6 atom stereocenters. The van der Waals surface area contributed by atoms with Crippen LogP contribution < -0.4 is 0 Å². The fourth-order valence-corrected chi connectivity index (χ4v) is 4.28. The molecule has 6 unspecified atom stereocenters. The van der Waals surface area contributed by atoms with Gasteiger partial charge in [-0.05, 0) is 13.3 Å². The first-order valence-electron chi connectivity index (χ1n) is 8.66. The lowest BCUT2D eigenvalue weighted by Crippen LogP contribution is -2.57. The summed E-state index contributed by atoms with van der Waals surface area (Å²) in [4.78, 5) is 36.2. The molecule has 0 amide bonds. The number of hydrogen-bond donors (Lipinski definition) is 0. The van der Waals surface area contributed by atoms with Gasteiger partial charge in [-0.25, -0.2) is 9.18 Å². The molecule has 2 bridgehead atoms. The summed E-state index contributed by atoms with van der Waals surface area (Å²) in [6.07, 6.45) is -14.7. The lowest BCUT2D eigenvalue weighted by atomic mass is 9.78. The highest BCUT2D eigenvalue weighted by atomic mass is 19.4. The number of hydrogen-bond acceptors (Lipinski definition) is 6. The van der Waals surface area contributed by atoms with Crippen LogP contribution in [0, 0.1) is 23.7 Å². The van der Waals surface area contributed by atoms with Crippen LogP contribution in [0.25, 0.3) is 0 Å². The van der Waals surface area contributed by atoms with Crippen LogP contribution in [0.15, 0.2) is 12.2 Å². The molecule has 2 saturated carbocycles. The van der Waals surface area contributed by atoms with Crippen molar-refractivity contribution in [2.75, 3.05) is 6.61 Å². The van der Waals surface area contributed by atoms with Crippen LogP contribution in [0.1, 0.15) is 13.3 Å². The van der Waals surface area contributed by atoms with Gasteiger partial charge in [0.15, 0.2) is 0 Å². The summed E-state index contributed by atoms with van der Waals surface area (Å²) in [5.41, 5.74) is -5.80. The van der Waals surface area contributed by atoms with E-state index in [0.29, 0.717) is 0 Å². The van der Waals surface area contributed by atoms with Crippen molar-refractivity contribution in [1.29, 1.82) is 0 Å². The summed E-state index contributed by atoms with van der Waals surface area (Å²) in [5, 5.41) is 0. The fraction of sp³-hybridized carbons (Fsp3) is 0.706. The first-order valence-corrected chi connectivity index (χ1v) is 8.66. The summed E-state index contributed by atoms with van der Waals surface area (Å²) in [5.74, 6) is -7.72. The highest BCUT2D eigenvalue weighted by Gasteiger charge is 2.74. The van der Waals surface area contributed by atoms with Crippen molar-refractivity contribution in [2.24, 2.45) is 23.7 Å². The Labute approximate surface area is 164 Å². The molecule has 3 aliphatic rings. The normalized spacial score (nSPS) is 32.7. The Hall–Kier alpha value is -2.34. The summed E-state index contributed by atoms with van der Waals surface area (Å²) in [7, 11) is 0. The number of alkyl halides is 7. The molecule has 2 aliphatic carbocycles. The zero-order valence-corrected chi connectivity index (χ0v) is 15.2. The number of ether oxygens (including phenoxy) is 3. The zero-order chi connectivity index (χ0) is 22.8. The van der Waals surface area contributed by atoms with E-state index in [1.165, 1.54) is 6.92 Å². The standard InChI is InChI=1S/C17H15F7O6/c1-5(2)12(25)29-10-6-3-7-9(14(27)30-11(7)10)8(6)13(26)28-4-15(18,16(19,20)21)17(22,23)24/h6-11H,1,3-4H2,2H3. The third kappa shape index (κ3) is 3.22. The number of carbonyl (C=O) groups is 3. The van der Waals surface area contributed by atoms with Crippen molar-refractivity contribution in [3.63, 3.8) is 0 Å². The maximum absolute atomic E-state index is 13.7. The molecule has 0 radical (unpaired) electrons. The Balaban J connectivity index is 1.80. The molecule has 1 aliphatic heterocycles. The smallest absolute Gasteiger partial charge is 0.435 e. The second-order valence-electron chi connectivity index (χ2n) is 7.57. The SMILES string of the molecule is C=C(C)C(=O)OC1C2CC3C1OC(=O)C3C2C(=O)OCC(F)(C(F)(F)F)C(F)(F)F. The third-order valence-corrected chi connectivity index (χ3v) is 5.72. The van der Waals surface area contributed by atoms with Gasteiger partial charge in [-0.15, -0.1) is 0 Å². The van der Waals surface area contributed by atoms with E-state index in [-0.39, 0.29) is 12.0 Å². The van der Waals surface area contributed by atoms with Crippen molar-refractivity contribution >= 4 is 17.9 Å². The highest BCUT2D eigenvalue weighted by molar-refractivity contribution is 5.88. The lowest BCUT2D eigenvalue weighted by molar-refractivity contribution is -0.349. The molecular formula is C17H15F7O6. The molecule has 0 aromatic heterocycles. The average molecular weight is 448 g/mol. The summed E-state index contributed by atoms with van der Waals surface area (Å²) >= 11 is 0. The van der Waals surface area contributed by atoms with Crippen LogP contribution in [0.4, 0.5) is 30.7 Å². The third-order valence-electron chi connectivity index (χ3n) is 5.72. The molecule has 13 heteroatoms. The number of carbonyl (C=O) groups excluding carboxylic acids is 3.